The highest BCUT2D eigenvalue weighted by Gasteiger charge is 2.24. The molecule has 0 bridgehead atoms. The van der Waals surface area contributed by atoms with Crippen LogP contribution in [-0.2, 0) is 0 Å². The standard InChI is InChI=1S/C10H9F2NO3/c1-5-3-9(13(15)16)8(10(11)12)4-7(5)6(2)14/h3-4,10H,1-2H3. The number of benzene rings is 1. The van der Waals surface area contributed by atoms with E-state index in [4.69, 9.17) is 0 Å². The number of carbonyl (C=O) groups excluding carboxylic acids is 1. The van der Waals surface area contributed by atoms with Crippen molar-refractivity contribution in [3.05, 3.63) is 38.9 Å². The summed E-state index contributed by atoms with van der Waals surface area (Å²) in [5, 5.41) is 10.5. The van der Waals surface area contributed by atoms with Gasteiger partial charge in [-0.05, 0) is 25.5 Å². The predicted molar refractivity (Wildman–Crippen MR) is 52.8 cm³/mol. The molecule has 0 aliphatic heterocycles. The van der Waals surface area contributed by atoms with Gasteiger partial charge in [0.05, 0.1) is 10.5 Å². The van der Waals surface area contributed by atoms with Crippen molar-refractivity contribution < 1.29 is 18.5 Å². The largest absolute Gasteiger partial charge is 0.295 e. The Hall–Kier alpha value is -1.85. The number of halogens is 2. The molecule has 0 amide bonds. The number of alkyl halides is 2. The highest BCUT2D eigenvalue weighted by atomic mass is 19.3. The molecular weight excluding hydrogens is 220 g/mol. The topological polar surface area (TPSA) is 60.2 Å². The minimum absolute atomic E-state index is 0.0842. The SMILES string of the molecule is CC(=O)c1cc(C(F)F)c([N+](=O)[O-])cc1C. The summed E-state index contributed by atoms with van der Waals surface area (Å²) in [5.74, 6) is -0.394. The molecule has 16 heavy (non-hydrogen) atoms. The molecule has 0 saturated carbocycles. The van der Waals surface area contributed by atoms with Gasteiger partial charge in [0, 0.05) is 11.6 Å². The number of nitrogens with zero attached hydrogens (tertiary/aromatic N) is 1. The van der Waals surface area contributed by atoms with Crippen molar-refractivity contribution in [3.63, 3.8) is 0 Å². The zero-order valence-electron chi connectivity index (χ0n) is 8.66. The maximum atomic E-state index is 12.5. The van der Waals surface area contributed by atoms with Crippen LogP contribution in [-0.4, -0.2) is 10.7 Å². The van der Waals surface area contributed by atoms with E-state index in [9.17, 15) is 23.7 Å². The number of hydrogen-bond acceptors (Lipinski definition) is 3. The molecule has 0 fully saturated rings. The molecule has 0 heterocycles. The van der Waals surface area contributed by atoms with E-state index in [2.05, 4.69) is 0 Å². The molecular formula is C10H9F2NO3. The third-order valence-corrected chi connectivity index (χ3v) is 2.18. The van der Waals surface area contributed by atoms with Crippen LogP contribution < -0.4 is 0 Å². The van der Waals surface area contributed by atoms with E-state index in [1.165, 1.54) is 13.8 Å². The van der Waals surface area contributed by atoms with Gasteiger partial charge in [0.25, 0.3) is 12.1 Å². The van der Waals surface area contributed by atoms with Gasteiger partial charge >= 0.3 is 0 Å². The third kappa shape index (κ3) is 2.21. The summed E-state index contributed by atoms with van der Waals surface area (Å²) >= 11 is 0. The fraction of sp³-hybridized carbons (Fsp3) is 0.300. The minimum atomic E-state index is -2.97. The van der Waals surface area contributed by atoms with Gasteiger partial charge in [-0.1, -0.05) is 0 Å². The lowest BCUT2D eigenvalue weighted by molar-refractivity contribution is -0.386. The van der Waals surface area contributed by atoms with Gasteiger partial charge < -0.3 is 0 Å². The van der Waals surface area contributed by atoms with Gasteiger partial charge in [-0.3, -0.25) is 14.9 Å². The molecule has 1 rings (SSSR count). The number of Topliss-reactive ketones (excluding diaryl/α,β-unsaturated/α-hetero) is 1. The molecule has 4 nitrogen and oxygen atoms in total. The maximum Gasteiger partial charge on any atom is 0.278 e. The Kier molecular flexibility index (Phi) is 3.31. The molecule has 0 atom stereocenters. The Morgan fingerprint density at radius 2 is 2.00 bits per heavy atom. The molecule has 0 aliphatic rings. The summed E-state index contributed by atoms with van der Waals surface area (Å²) in [6.07, 6.45) is -2.97. The molecule has 0 N–H and O–H groups in total. The highest BCUT2D eigenvalue weighted by molar-refractivity contribution is 5.96. The average Bonchev–Trinajstić information content (AvgIpc) is 2.15. The first-order valence-electron chi connectivity index (χ1n) is 4.42. The quantitative estimate of drug-likeness (QED) is 0.454. The second-order valence-electron chi connectivity index (χ2n) is 3.34. The van der Waals surface area contributed by atoms with E-state index in [-0.39, 0.29) is 5.56 Å². The van der Waals surface area contributed by atoms with E-state index in [0.29, 0.717) is 5.56 Å². The highest BCUT2D eigenvalue weighted by Crippen LogP contribution is 2.31. The minimum Gasteiger partial charge on any atom is -0.295 e. The van der Waals surface area contributed by atoms with Crippen LogP contribution >= 0.6 is 0 Å². The Balaban J connectivity index is 3.49. The van der Waals surface area contributed by atoms with E-state index in [1.54, 1.807) is 0 Å². The number of ketones is 1. The zero-order valence-corrected chi connectivity index (χ0v) is 8.66. The molecule has 0 aromatic heterocycles. The Labute approximate surface area is 90.0 Å². The maximum absolute atomic E-state index is 12.5. The van der Waals surface area contributed by atoms with Gasteiger partial charge in [0.1, 0.15) is 0 Å². The Morgan fingerprint density at radius 1 is 1.44 bits per heavy atom. The van der Waals surface area contributed by atoms with Crippen LogP contribution in [0.25, 0.3) is 0 Å². The van der Waals surface area contributed by atoms with Gasteiger partial charge in [-0.15, -0.1) is 0 Å². The summed E-state index contributed by atoms with van der Waals surface area (Å²) in [7, 11) is 0. The number of rotatable bonds is 3. The van der Waals surface area contributed by atoms with Crippen molar-refractivity contribution >= 4 is 11.5 Å². The average molecular weight is 229 g/mol. The smallest absolute Gasteiger partial charge is 0.278 e. The predicted octanol–water partition coefficient (Wildman–Crippen LogP) is 3.04. The summed E-state index contributed by atoms with van der Waals surface area (Å²) in [4.78, 5) is 20.8. The second-order valence-corrected chi connectivity index (χ2v) is 3.34. The first-order chi connectivity index (χ1) is 7.34. The van der Waals surface area contributed by atoms with Crippen LogP contribution in [0.2, 0.25) is 0 Å². The molecule has 86 valence electrons. The van der Waals surface area contributed by atoms with E-state index in [1.807, 2.05) is 0 Å². The van der Waals surface area contributed by atoms with Gasteiger partial charge in [-0.2, -0.15) is 0 Å². The molecule has 6 heteroatoms. The van der Waals surface area contributed by atoms with Crippen LogP contribution in [0.3, 0.4) is 0 Å². The van der Waals surface area contributed by atoms with Crippen LogP contribution in [0, 0.1) is 17.0 Å². The van der Waals surface area contributed by atoms with Crippen molar-refractivity contribution in [1.29, 1.82) is 0 Å². The molecule has 1 aromatic rings. The zero-order chi connectivity index (χ0) is 12.5. The van der Waals surface area contributed by atoms with Crippen molar-refractivity contribution in [2.45, 2.75) is 20.3 Å². The van der Waals surface area contributed by atoms with E-state index < -0.39 is 28.4 Å². The Morgan fingerprint density at radius 3 is 2.38 bits per heavy atom. The first-order valence-corrected chi connectivity index (χ1v) is 4.42. The van der Waals surface area contributed by atoms with Crippen LogP contribution in [0.1, 0.15) is 34.8 Å². The fourth-order valence-electron chi connectivity index (χ4n) is 1.42. The summed E-state index contributed by atoms with van der Waals surface area (Å²) in [6.45, 7) is 2.70. The summed E-state index contributed by atoms with van der Waals surface area (Å²) in [6, 6.07) is 1.89. The number of aryl methyl sites for hydroxylation is 1. The van der Waals surface area contributed by atoms with Crippen molar-refractivity contribution in [1.82, 2.24) is 0 Å². The summed E-state index contributed by atoms with van der Waals surface area (Å²) < 4.78 is 25.1. The molecule has 0 unspecified atom stereocenters. The number of carbonyl (C=O) groups is 1. The molecule has 0 spiro atoms. The van der Waals surface area contributed by atoms with Crippen LogP contribution in [0.15, 0.2) is 12.1 Å². The number of hydrogen-bond donors (Lipinski definition) is 0. The first kappa shape index (κ1) is 12.2. The van der Waals surface area contributed by atoms with Crippen molar-refractivity contribution in [2.75, 3.05) is 0 Å². The van der Waals surface area contributed by atoms with Gasteiger partial charge in [-0.25, -0.2) is 8.78 Å². The molecule has 0 aliphatic carbocycles. The molecule has 1 aromatic carbocycles. The van der Waals surface area contributed by atoms with Gasteiger partial charge in [0.15, 0.2) is 5.78 Å². The second kappa shape index (κ2) is 4.34. The van der Waals surface area contributed by atoms with E-state index in [0.717, 1.165) is 12.1 Å². The van der Waals surface area contributed by atoms with Crippen LogP contribution in [0.5, 0.6) is 0 Å². The van der Waals surface area contributed by atoms with Crippen molar-refractivity contribution in [2.24, 2.45) is 0 Å². The lowest BCUT2D eigenvalue weighted by atomic mass is 10.0. The molecule has 0 saturated heterocycles. The monoisotopic (exact) mass is 229 g/mol. The fourth-order valence-corrected chi connectivity index (χ4v) is 1.42. The van der Waals surface area contributed by atoms with Crippen LogP contribution in [0.4, 0.5) is 14.5 Å². The molecule has 0 radical (unpaired) electrons. The van der Waals surface area contributed by atoms with E-state index >= 15 is 0 Å². The lowest BCUT2D eigenvalue weighted by Gasteiger charge is -2.06. The normalized spacial score (nSPS) is 10.6. The van der Waals surface area contributed by atoms with Crippen molar-refractivity contribution in [3.8, 4) is 0 Å². The summed E-state index contributed by atoms with van der Waals surface area (Å²) in [5.41, 5.74) is -0.970. The Bertz CT molecular complexity index is 458. The lowest BCUT2D eigenvalue weighted by Crippen LogP contribution is -2.03. The number of nitro groups is 1. The third-order valence-electron chi connectivity index (χ3n) is 2.18. The van der Waals surface area contributed by atoms with Gasteiger partial charge in [0.2, 0.25) is 0 Å². The number of nitro benzene ring substituents is 1.